The number of rotatable bonds is 11. The summed E-state index contributed by atoms with van der Waals surface area (Å²) in [6.07, 6.45) is 8.26. The number of nitrogens with one attached hydrogen (secondary N) is 3. The predicted molar refractivity (Wildman–Crippen MR) is 113 cm³/mol. The molecule has 0 radical (unpaired) electrons. The zero-order valence-electron chi connectivity index (χ0n) is 15.3. The molecule has 1 aliphatic carbocycles. The smallest absolute Gasteiger partial charge is 0.213 e. The molecule has 0 aromatic rings. The van der Waals surface area contributed by atoms with Gasteiger partial charge < -0.3 is 10.6 Å². The highest BCUT2D eigenvalue weighted by atomic mass is 127. The van der Waals surface area contributed by atoms with Crippen molar-refractivity contribution in [3.63, 3.8) is 0 Å². The van der Waals surface area contributed by atoms with Gasteiger partial charge in [-0.3, -0.25) is 4.99 Å². The lowest BCUT2D eigenvalue weighted by Crippen LogP contribution is -2.44. The van der Waals surface area contributed by atoms with Crippen molar-refractivity contribution < 1.29 is 8.42 Å². The van der Waals surface area contributed by atoms with Crippen molar-refractivity contribution in [1.29, 1.82) is 0 Å². The van der Waals surface area contributed by atoms with Gasteiger partial charge >= 0.3 is 0 Å². The Morgan fingerprint density at radius 3 is 2.54 bits per heavy atom. The Bertz CT molecular complexity index is 453. The van der Waals surface area contributed by atoms with Crippen molar-refractivity contribution in [2.75, 3.05) is 25.9 Å². The minimum Gasteiger partial charge on any atom is -0.355 e. The highest BCUT2D eigenvalue weighted by Gasteiger charge is 2.20. The largest absolute Gasteiger partial charge is 0.355 e. The zero-order valence-corrected chi connectivity index (χ0v) is 18.5. The van der Waals surface area contributed by atoms with Crippen LogP contribution in [0, 0.1) is 5.92 Å². The maximum absolute atomic E-state index is 11.9. The summed E-state index contributed by atoms with van der Waals surface area (Å²) in [6, 6.07) is 0.334. The van der Waals surface area contributed by atoms with Gasteiger partial charge in [0.25, 0.3) is 0 Å². The molecule has 0 aliphatic heterocycles. The molecule has 1 fully saturated rings. The monoisotopic (exact) mass is 474 g/mol. The zero-order chi connectivity index (χ0) is 17.1. The van der Waals surface area contributed by atoms with E-state index in [4.69, 9.17) is 0 Å². The highest BCUT2D eigenvalue weighted by Crippen LogP contribution is 2.25. The lowest BCUT2D eigenvalue weighted by atomic mass is 9.86. The van der Waals surface area contributed by atoms with Gasteiger partial charge in [0.2, 0.25) is 10.0 Å². The molecular weight excluding hydrogens is 439 g/mol. The van der Waals surface area contributed by atoms with E-state index in [1.807, 2.05) is 0 Å². The molecule has 24 heavy (non-hydrogen) atoms. The summed E-state index contributed by atoms with van der Waals surface area (Å²) in [5.41, 5.74) is 0. The summed E-state index contributed by atoms with van der Waals surface area (Å²) < 4.78 is 26.6. The van der Waals surface area contributed by atoms with Crippen molar-refractivity contribution in [3.05, 3.63) is 0 Å². The summed E-state index contributed by atoms with van der Waals surface area (Å²) in [5, 5.41) is 6.39. The van der Waals surface area contributed by atoms with Crippen molar-refractivity contribution in [2.24, 2.45) is 10.9 Å². The van der Waals surface area contributed by atoms with Gasteiger partial charge in [0.05, 0.1) is 5.75 Å². The fourth-order valence-corrected chi connectivity index (χ4v) is 3.52. The van der Waals surface area contributed by atoms with E-state index in [9.17, 15) is 8.42 Å². The van der Waals surface area contributed by atoms with Gasteiger partial charge in [0, 0.05) is 26.2 Å². The topological polar surface area (TPSA) is 82.6 Å². The maximum Gasteiger partial charge on any atom is 0.213 e. The summed E-state index contributed by atoms with van der Waals surface area (Å²) in [7, 11) is -1.49. The number of unbranched alkanes of at least 4 members (excludes halogenated alkanes) is 2. The van der Waals surface area contributed by atoms with Crippen molar-refractivity contribution in [3.8, 4) is 0 Å². The average Bonchev–Trinajstić information content (AvgIpc) is 2.44. The third-order valence-corrected chi connectivity index (χ3v) is 5.68. The molecule has 1 saturated carbocycles. The fourth-order valence-electron chi connectivity index (χ4n) is 2.52. The Labute approximate surface area is 165 Å². The molecule has 144 valence electrons. The fraction of sp³-hybridized carbons (Fsp3) is 0.938. The van der Waals surface area contributed by atoms with E-state index in [2.05, 4.69) is 34.2 Å². The van der Waals surface area contributed by atoms with Gasteiger partial charge in [-0.25, -0.2) is 13.1 Å². The first-order valence-corrected chi connectivity index (χ1v) is 10.6. The molecule has 0 aromatic heterocycles. The first-order valence-electron chi connectivity index (χ1n) is 8.91. The molecule has 3 N–H and O–H groups in total. The Morgan fingerprint density at radius 1 is 1.29 bits per heavy atom. The molecule has 6 nitrogen and oxygen atoms in total. The van der Waals surface area contributed by atoms with Gasteiger partial charge in [-0.15, -0.1) is 24.0 Å². The predicted octanol–water partition coefficient (Wildman–Crippen LogP) is 2.46. The van der Waals surface area contributed by atoms with Crippen LogP contribution in [0.3, 0.4) is 0 Å². The number of hydrogen-bond acceptors (Lipinski definition) is 3. The molecule has 0 amide bonds. The van der Waals surface area contributed by atoms with Crippen molar-refractivity contribution >= 4 is 40.0 Å². The van der Waals surface area contributed by atoms with Gasteiger partial charge in [0.1, 0.15) is 0 Å². The molecule has 1 atom stereocenters. The molecular formula is C16H35IN4O2S. The molecule has 0 spiro atoms. The highest BCUT2D eigenvalue weighted by molar-refractivity contribution is 14.0. The SMILES string of the molecule is CCCCCC(C)NC(=NC)NCCS(=O)(=O)NCC1CCC1.I. The molecule has 1 rings (SSSR count). The number of hydrogen-bond donors (Lipinski definition) is 3. The molecule has 1 aliphatic rings. The van der Waals surface area contributed by atoms with Crippen molar-refractivity contribution in [1.82, 2.24) is 15.4 Å². The Kier molecular flexibility index (Phi) is 13.1. The van der Waals surface area contributed by atoms with E-state index in [1.165, 1.54) is 25.7 Å². The van der Waals surface area contributed by atoms with Gasteiger partial charge in [-0.2, -0.15) is 0 Å². The quantitative estimate of drug-likeness (QED) is 0.186. The van der Waals surface area contributed by atoms with Gasteiger partial charge in [0.15, 0.2) is 5.96 Å². The average molecular weight is 474 g/mol. The second-order valence-electron chi connectivity index (χ2n) is 6.50. The Balaban J connectivity index is 0.00000529. The van der Waals surface area contributed by atoms with Crippen LogP contribution >= 0.6 is 24.0 Å². The van der Waals surface area contributed by atoms with Crippen LogP contribution in [-0.4, -0.2) is 46.3 Å². The summed E-state index contributed by atoms with van der Waals surface area (Å²) >= 11 is 0. The standard InChI is InChI=1S/C16H34N4O2S.HI/c1-4-5-6-8-14(2)20-16(17-3)18-11-12-23(21,22)19-13-15-9-7-10-15;/h14-15,19H,4-13H2,1-3H3,(H2,17,18,20);1H. The first kappa shape index (κ1) is 23.9. The summed E-state index contributed by atoms with van der Waals surface area (Å²) in [6.45, 7) is 5.27. The molecule has 0 aromatic carbocycles. The number of halogens is 1. The number of nitrogens with zero attached hydrogens (tertiary/aromatic N) is 1. The molecule has 0 saturated heterocycles. The summed E-state index contributed by atoms with van der Waals surface area (Å²) in [5.74, 6) is 1.28. The minimum atomic E-state index is -3.20. The number of sulfonamides is 1. The van der Waals surface area contributed by atoms with Crippen LogP contribution in [0.15, 0.2) is 4.99 Å². The third kappa shape index (κ3) is 10.7. The van der Waals surface area contributed by atoms with E-state index in [-0.39, 0.29) is 29.7 Å². The van der Waals surface area contributed by atoms with Crippen LogP contribution in [0.25, 0.3) is 0 Å². The first-order chi connectivity index (χ1) is 11.0. The van der Waals surface area contributed by atoms with Crippen LogP contribution in [0.1, 0.15) is 58.8 Å². The lowest BCUT2D eigenvalue weighted by molar-refractivity contribution is 0.316. The van der Waals surface area contributed by atoms with Crippen LogP contribution in [0.4, 0.5) is 0 Å². The summed E-state index contributed by atoms with van der Waals surface area (Å²) in [4.78, 5) is 4.15. The minimum absolute atomic E-state index is 0. The van der Waals surface area contributed by atoms with E-state index in [1.54, 1.807) is 7.05 Å². The van der Waals surface area contributed by atoms with Crippen molar-refractivity contribution in [2.45, 2.75) is 64.8 Å². The Morgan fingerprint density at radius 2 is 2.00 bits per heavy atom. The molecule has 0 heterocycles. The maximum atomic E-state index is 11.9. The van der Waals surface area contributed by atoms with Crippen LogP contribution in [-0.2, 0) is 10.0 Å². The second kappa shape index (κ2) is 13.2. The van der Waals surface area contributed by atoms with E-state index < -0.39 is 10.0 Å². The number of guanidine groups is 1. The molecule has 1 unspecified atom stereocenters. The number of aliphatic imine (C=N–C) groups is 1. The van der Waals surface area contributed by atoms with Gasteiger partial charge in [-0.1, -0.05) is 32.6 Å². The second-order valence-corrected chi connectivity index (χ2v) is 8.43. The third-order valence-electron chi connectivity index (χ3n) is 4.33. The van der Waals surface area contributed by atoms with E-state index in [0.717, 1.165) is 19.3 Å². The van der Waals surface area contributed by atoms with Gasteiger partial charge in [-0.05, 0) is 32.1 Å². The van der Waals surface area contributed by atoms with E-state index in [0.29, 0.717) is 31.0 Å². The lowest BCUT2D eigenvalue weighted by Gasteiger charge is -2.25. The van der Waals surface area contributed by atoms with Crippen LogP contribution in [0.2, 0.25) is 0 Å². The molecule has 0 bridgehead atoms. The Hall–Kier alpha value is -0.0900. The van der Waals surface area contributed by atoms with E-state index >= 15 is 0 Å². The van der Waals surface area contributed by atoms with Crippen LogP contribution in [0.5, 0.6) is 0 Å². The normalized spacial score (nSPS) is 16.9. The molecule has 8 heteroatoms. The van der Waals surface area contributed by atoms with Crippen LogP contribution < -0.4 is 15.4 Å².